The van der Waals surface area contributed by atoms with Crippen molar-refractivity contribution in [3.8, 4) is 0 Å². The van der Waals surface area contributed by atoms with E-state index in [1.165, 1.54) is 10.6 Å². The number of amides is 2. The molecule has 0 bridgehead atoms. The maximum atomic E-state index is 12.4. The number of hydrogen-bond acceptors (Lipinski definition) is 4. The van der Waals surface area contributed by atoms with Gasteiger partial charge in [0.2, 0.25) is 5.91 Å². The fourth-order valence-corrected chi connectivity index (χ4v) is 2.53. The summed E-state index contributed by atoms with van der Waals surface area (Å²) in [4.78, 5) is 36.6. The third-order valence-corrected chi connectivity index (χ3v) is 3.63. The van der Waals surface area contributed by atoms with E-state index < -0.39 is 0 Å². The van der Waals surface area contributed by atoms with Crippen LogP contribution in [-0.4, -0.2) is 42.6 Å². The highest BCUT2D eigenvalue weighted by Gasteiger charge is 2.18. The van der Waals surface area contributed by atoms with Gasteiger partial charge in [-0.05, 0) is 53.3 Å². The van der Waals surface area contributed by atoms with Gasteiger partial charge in [0.25, 0.3) is 11.5 Å². The van der Waals surface area contributed by atoms with Crippen molar-refractivity contribution in [2.45, 2.75) is 46.7 Å². The summed E-state index contributed by atoms with van der Waals surface area (Å²) in [6, 6.07) is 1.40. The van der Waals surface area contributed by atoms with Crippen molar-refractivity contribution >= 4 is 24.2 Å². The first-order valence-electron chi connectivity index (χ1n) is 8.21. The van der Waals surface area contributed by atoms with E-state index in [2.05, 4.69) is 16.0 Å². The van der Waals surface area contributed by atoms with Crippen molar-refractivity contribution in [2.24, 2.45) is 0 Å². The van der Waals surface area contributed by atoms with E-state index in [-0.39, 0.29) is 42.4 Å². The normalized spacial score (nSPS) is 10.3. The van der Waals surface area contributed by atoms with E-state index in [0.717, 1.165) is 13.0 Å². The lowest BCUT2D eigenvalue weighted by Gasteiger charge is -2.17. The van der Waals surface area contributed by atoms with E-state index >= 15 is 0 Å². The highest BCUT2D eigenvalue weighted by molar-refractivity contribution is 5.96. The standard InChI is InChI=1S/C17H28N4O3.ClH/c1-11(2)20-14(22)10-21-13(4)16(12(3)9-15(21)23)17(24)19-8-6-7-18-5;/h9,11,18H,6-8,10H2,1-5H3,(H,19,24)(H,20,22);1H. The summed E-state index contributed by atoms with van der Waals surface area (Å²) in [5.41, 5.74) is 1.29. The number of nitrogens with one attached hydrogen (secondary N) is 3. The first-order valence-corrected chi connectivity index (χ1v) is 8.21. The molecule has 0 aromatic carbocycles. The van der Waals surface area contributed by atoms with Crippen LogP contribution < -0.4 is 21.5 Å². The SMILES string of the molecule is CNCCCNC(=O)c1c(C)cc(=O)n(CC(=O)NC(C)C)c1C.Cl. The number of carbonyl (C=O) groups is 2. The molecule has 1 heterocycles. The average Bonchev–Trinajstić information content (AvgIpc) is 2.47. The topological polar surface area (TPSA) is 92.2 Å². The molecule has 0 radical (unpaired) electrons. The fraction of sp³-hybridized carbons (Fsp3) is 0.588. The zero-order valence-electron chi connectivity index (χ0n) is 15.6. The molecule has 1 aromatic rings. The summed E-state index contributed by atoms with van der Waals surface area (Å²) >= 11 is 0. The third kappa shape index (κ3) is 6.88. The van der Waals surface area contributed by atoms with Gasteiger partial charge in [0, 0.05) is 24.3 Å². The maximum Gasteiger partial charge on any atom is 0.253 e. The van der Waals surface area contributed by atoms with Gasteiger partial charge in [-0.2, -0.15) is 0 Å². The largest absolute Gasteiger partial charge is 0.352 e. The molecule has 0 fully saturated rings. The van der Waals surface area contributed by atoms with Crippen LogP contribution >= 0.6 is 12.4 Å². The lowest BCUT2D eigenvalue weighted by atomic mass is 10.1. The van der Waals surface area contributed by atoms with Gasteiger partial charge in [0.05, 0.1) is 5.56 Å². The van der Waals surface area contributed by atoms with Crippen LogP contribution in [0.4, 0.5) is 0 Å². The molecule has 0 atom stereocenters. The molecule has 1 rings (SSSR count). The van der Waals surface area contributed by atoms with Crippen LogP contribution in [0.3, 0.4) is 0 Å². The van der Waals surface area contributed by atoms with Gasteiger partial charge in [-0.25, -0.2) is 0 Å². The zero-order chi connectivity index (χ0) is 18.3. The quantitative estimate of drug-likeness (QED) is 0.587. The predicted octanol–water partition coefficient (Wildman–Crippen LogP) is 0.751. The molecule has 142 valence electrons. The maximum absolute atomic E-state index is 12.4. The van der Waals surface area contributed by atoms with Crippen molar-refractivity contribution in [1.29, 1.82) is 0 Å². The van der Waals surface area contributed by atoms with E-state index in [1.54, 1.807) is 13.8 Å². The van der Waals surface area contributed by atoms with Gasteiger partial charge >= 0.3 is 0 Å². The van der Waals surface area contributed by atoms with Crippen molar-refractivity contribution in [2.75, 3.05) is 20.1 Å². The molecule has 8 heteroatoms. The Morgan fingerprint density at radius 3 is 2.40 bits per heavy atom. The summed E-state index contributed by atoms with van der Waals surface area (Å²) in [6.45, 7) is 8.40. The smallest absolute Gasteiger partial charge is 0.253 e. The Hall–Kier alpha value is -1.86. The summed E-state index contributed by atoms with van der Waals surface area (Å²) in [6.07, 6.45) is 0.816. The Bertz CT molecular complexity index is 656. The Morgan fingerprint density at radius 1 is 1.20 bits per heavy atom. The fourth-order valence-electron chi connectivity index (χ4n) is 2.53. The van der Waals surface area contributed by atoms with Gasteiger partial charge < -0.3 is 20.5 Å². The monoisotopic (exact) mass is 372 g/mol. The third-order valence-electron chi connectivity index (χ3n) is 3.63. The molecule has 0 aliphatic rings. The highest BCUT2D eigenvalue weighted by atomic mass is 35.5. The van der Waals surface area contributed by atoms with E-state index in [1.807, 2.05) is 20.9 Å². The molecule has 0 spiro atoms. The van der Waals surface area contributed by atoms with Crippen LogP contribution in [0.15, 0.2) is 10.9 Å². The van der Waals surface area contributed by atoms with Gasteiger partial charge in [0.1, 0.15) is 6.54 Å². The van der Waals surface area contributed by atoms with Crippen molar-refractivity contribution in [1.82, 2.24) is 20.5 Å². The molecule has 3 N–H and O–H groups in total. The molecular weight excluding hydrogens is 344 g/mol. The first kappa shape index (κ1) is 23.1. The second kappa shape index (κ2) is 10.9. The number of nitrogens with zero attached hydrogens (tertiary/aromatic N) is 1. The molecule has 0 unspecified atom stereocenters. The number of halogens is 1. The molecule has 25 heavy (non-hydrogen) atoms. The molecular formula is C17H29ClN4O3. The summed E-state index contributed by atoms with van der Waals surface area (Å²) in [7, 11) is 1.86. The van der Waals surface area contributed by atoms with Crippen LogP contribution in [0.1, 0.15) is 41.9 Å². The number of aryl methyl sites for hydroxylation is 1. The number of pyridine rings is 1. The predicted molar refractivity (Wildman–Crippen MR) is 102 cm³/mol. The highest BCUT2D eigenvalue weighted by Crippen LogP contribution is 2.11. The molecule has 1 aromatic heterocycles. The second-order valence-electron chi connectivity index (χ2n) is 6.15. The summed E-state index contributed by atoms with van der Waals surface area (Å²) in [5.74, 6) is -0.474. The van der Waals surface area contributed by atoms with Crippen LogP contribution in [0.2, 0.25) is 0 Å². The minimum atomic E-state index is -0.282. The Morgan fingerprint density at radius 2 is 1.84 bits per heavy atom. The van der Waals surface area contributed by atoms with Gasteiger partial charge in [-0.15, -0.1) is 12.4 Å². The Kier molecular flexibility index (Phi) is 10.1. The minimum absolute atomic E-state index is 0. The van der Waals surface area contributed by atoms with Crippen molar-refractivity contribution < 1.29 is 9.59 Å². The zero-order valence-corrected chi connectivity index (χ0v) is 16.4. The van der Waals surface area contributed by atoms with E-state index in [0.29, 0.717) is 23.4 Å². The molecule has 0 aliphatic carbocycles. The van der Waals surface area contributed by atoms with E-state index in [4.69, 9.17) is 0 Å². The molecule has 2 amide bonds. The van der Waals surface area contributed by atoms with Crippen LogP contribution in [0.25, 0.3) is 0 Å². The van der Waals surface area contributed by atoms with Gasteiger partial charge in [-0.3, -0.25) is 14.4 Å². The van der Waals surface area contributed by atoms with Crippen LogP contribution in [0, 0.1) is 13.8 Å². The summed E-state index contributed by atoms with van der Waals surface area (Å²) in [5, 5.41) is 8.62. The van der Waals surface area contributed by atoms with Crippen molar-refractivity contribution in [3.05, 3.63) is 33.2 Å². The first-order chi connectivity index (χ1) is 11.3. The number of aromatic nitrogens is 1. The molecule has 7 nitrogen and oxygen atoms in total. The molecule has 0 saturated heterocycles. The lowest BCUT2D eigenvalue weighted by molar-refractivity contribution is -0.122. The number of rotatable bonds is 8. The minimum Gasteiger partial charge on any atom is -0.352 e. The number of carbonyl (C=O) groups excluding carboxylic acids is 2. The van der Waals surface area contributed by atoms with Gasteiger partial charge in [0.15, 0.2) is 0 Å². The van der Waals surface area contributed by atoms with E-state index in [9.17, 15) is 14.4 Å². The Balaban J connectivity index is 0.00000576. The van der Waals surface area contributed by atoms with Crippen LogP contribution in [0.5, 0.6) is 0 Å². The second-order valence-corrected chi connectivity index (χ2v) is 6.15. The van der Waals surface area contributed by atoms with Crippen LogP contribution in [-0.2, 0) is 11.3 Å². The summed E-state index contributed by atoms with van der Waals surface area (Å²) < 4.78 is 1.34. The number of hydrogen-bond donors (Lipinski definition) is 3. The molecule has 0 aliphatic heterocycles. The Labute approximate surface area is 155 Å². The van der Waals surface area contributed by atoms with Crippen molar-refractivity contribution in [3.63, 3.8) is 0 Å². The lowest BCUT2D eigenvalue weighted by Crippen LogP contribution is -2.38. The van der Waals surface area contributed by atoms with Gasteiger partial charge in [-0.1, -0.05) is 0 Å². The molecule has 0 saturated carbocycles. The average molecular weight is 373 g/mol.